The summed E-state index contributed by atoms with van der Waals surface area (Å²) < 4.78 is 10.7. The first-order valence-electron chi connectivity index (χ1n) is 9.26. The predicted molar refractivity (Wildman–Crippen MR) is 102 cm³/mol. The highest BCUT2D eigenvalue weighted by molar-refractivity contribution is 5.91. The number of carbonyl (C=O) groups is 2. The summed E-state index contributed by atoms with van der Waals surface area (Å²) >= 11 is 0. The van der Waals surface area contributed by atoms with E-state index in [0.29, 0.717) is 30.8 Å². The molecule has 1 saturated carbocycles. The number of nitrogens with one attached hydrogen (secondary N) is 1. The molecular weight excluding hydrogens is 356 g/mol. The fourth-order valence-electron chi connectivity index (χ4n) is 3.19. The third-order valence-corrected chi connectivity index (χ3v) is 4.72. The van der Waals surface area contributed by atoms with E-state index >= 15 is 0 Å². The summed E-state index contributed by atoms with van der Waals surface area (Å²) in [5.74, 6) is -0.419. The molecule has 1 aliphatic rings. The van der Waals surface area contributed by atoms with Gasteiger partial charge in [-0.05, 0) is 55.5 Å². The molecule has 1 fully saturated rings. The minimum Gasteiger partial charge on any atom is -0.489 e. The fraction of sp³-hybridized carbons (Fsp3) is 0.318. The van der Waals surface area contributed by atoms with Crippen LogP contribution in [0.5, 0.6) is 5.75 Å². The topological polar surface area (TPSA) is 88.4 Å². The van der Waals surface area contributed by atoms with Crippen LogP contribution >= 0.6 is 0 Å². The second-order valence-electron chi connectivity index (χ2n) is 6.82. The summed E-state index contributed by atoms with van der Waals surface area (Å²) in [6, 6.07) is 18.5. The van der Waals surface area contributed by atoms with Gasteiger partial charge in [-0.25, -0.2) is 4.79 Å². The molecule has 0 unspecified atom stereocenters. The van der Waals surface area contributed by atoms with E-state index in [9.17, 15) is 14.9 Å². The lowest BCUT2D eigenvalue weighted by atomic mass is 10.00. The van der Waals surface area contributed by atoms with Crippen molar-refractivity contribution in [2.75, 3.05) is 6.61 Å². The first-order valence-corrected chi connectivity index (χ1v) is 9.26. The van der Waals surface area contributed by atoms with Crippen molar-refractivity contribution in [3.63, 3.8) is 0 Å². The van der Waals surface area contributed by atoms with Crippen molar-refractivity contribution in [3.8, 4) is 11.8 Å². The first kappa shape index (κ1) is 19.4. The van der Waals surface area contributed by atoms with Gasteiger partial charge in [-0.1, -0.05) is 30.3 Å². The van der Waals surface area contributed by atoms with Crippen molar-refractivity contribution in [3.05, 3.63) is 65.7 Å². The Hall–Kier alpha value is -3.33. The maximum Gasteiger partial charge on any atom is 0.338 e. The van der Waals surface area contributed by atoms with E-state index in [-0.39, 0.29) is 0 Å². The largest absolute Gasteiger partial charge is 0.489 e. The molecule has 1 N–H and O–H groups in total. The third kappa shape index (κ3) is 5.10. The summed E-state index contributed by atoms with van der Waals surface area (Å²) in [5.41, 5.74) is 0.562. The summed E-state index contributed by atoms with van der Waals surface area (Å²) in [6.45, 7) is 0.0277. The maximum absolute atomic E-state index is 12.1. The molecule has 0 bridgehead atoms. The van der Waals surface area contributed by atoms with Crippen LogP contribution in [0.15, 0.2) is 54.6 Å². The number of nitrogens with zero attached hydrogens (tertiary/aromatic N) is 1. The van der Waals surface area contributed by atoms with Gasteiger partial charge < -0.3 is 14.8 Å². The number of rotatable bonds is 7. The van der Waals surface area contributed by atoms with E-state index in [2.05, 4.69) is 11.4 Å². The number of amides is 1. The molecule has 0 aliphatic heterocycles. The Morgan fingerprint density at radius 3 is 2.36 bits per heavy atom. The second-order valence-corrected chi connectivity index (χ2v) is 6.82. The van der Waals surface area contributed by atoms with Crippen LogP contribution in [0.3, 0.4) is 0 Å². The Balaban J connectivity index is 1.46. The molecule has 2 aromatic rings. The Labute approximate surface area is 164 Å². The zero-order chi connectivity index (χ0) is 19.8. The molecular formula is C22H22N2O4. The van der Waals surface area contributed by atoms with Gasteiger partial charge in [0, 0.05) is 0 Å². The van der Waals surface area contributed by atoms with Crippen LogP contribution in [0.25, 0.3) is 0 Å². The van der Waals surface area contributed by atoms with Crippen molar-refractivity contribution in [1.82, 2.24) is 5.32 Å². The average Bonchev–Trinajstić information content (AvgIpc) is 3.20. The molecule has 6 heteroatoms. The van der Waals surface area contributed by atoms with E-state index in [4.69, 9.17) is 9.47 Å². The predicted octanol–water partition coefficient (Wildman–Crippen LogP) is 3.37. The van der Waals surface area contributed by atoms with E-state index in [1.165, 1.54) is 0 Å². The highest BCUT2D eigenvalue weighted by Crippen LogP contribution is 2.28. The zero-order valence-electron chi connectivity index (χ0n) is 15.5. The van der Waals surface area contributed by atoms with Crippen molar-refractivity contribution >= 4 is 11.9 Å². The summed E-state index contributed by atoms with van der Waals surface area (Å²) in [6.07, 6.45) is 3.08. The van der Waals surface area contributed by atoms with Crippen molar-refractivity contribution in [1.29, 1.82) is 5.26 Å². The fourth-order valence-corrected chi connectivity index (χ4v) is 3.19. The molecule has 0 radical (unpaired) electrons. The zero-order valence-corrected chi connectivity index (χ0v) is 15.5. The highest BCUT2D eigenvalue weighted by Gasteiger charge is 2.35. The number of esters is 1. The lowest BCUT2D eigenvalue weighted by Crippen LogP contribution is -2.46. The molecule has 0 spiro atoms. The molecule has 28 heavy (non-hydrogen) atoms. The maximum atomic E-state index is 12.1. The van der Waals surface area contributed by atoms with Crippen LogP contribution in [0.2, 0.25) is 0 Å². The Morgan fingerprint density at radius 2 is 1.71 bits per heavy atom. The highest BCUT2D eigenvalue weighted by atomic mass is 16.5. The van der Waals surface area contributed by atoms with Gasteiger partial charge >= 0.3 is 5.97 Å². The van der Waals surface area contributed by atoms with E-state index < -0.39 is 24.0 Å². The van der Waals surface area contributed by atoms with E-state index in [1.54, 1.807) is 24.3 Å². The standard InChI is InChI=1S/C22H22N2O4/c23-16-22(12-4-5-13-22)24-20(25)15-28-21(26)18-8-10-19(11-9-18)27-14-17-6-2-1-3-7-17/h1-3,6-11H,4-5,12-15H2,(H,24,25). The van der Waals surface area contributed by atoms with E-state index in [1.807, 2.05) is 30.3 Å². The van der Waals surface area contributed by atoms with Gasteiger partial charge in [-0.3, -0.25) is 4.79 Å². The van der Waals surface area contributed by atoms with Crippen molar-refractivity contribution < 1.29 is 19.1 Å². The van der Waals surface area contributed by atoms with Crippen molar-refractivity contribution in [2.45, 2.75) is 37.8 Å². The monoisotopic (exact) mass is 378 g/mol. The normalized spacial score (nSPS) is 14.7. The van der Waals surface area contributed by atoms with Crippen LogP contribution in [-0.4, -0.2) is 24.0 Å². The third-order valence-electron chi connectivity index (χ3n) is 4.72. The van der Waals surface area contributed by atoms with Crippen LogP contribution in [0.1, 0.15) is 41.6 Å². The molecule has 2 aromatic carbocycles. The number of carbonyl (C=O) groups excluding carboxylic acids is 2. The lowest BCUT2D eigenvalue weighted by Gasteiger charge is -2.21. The van der Waals surface area contributed by atoms with Crippen molar-refractivity contribution in [2.24, 2.45) is 0 Å². The number of nitriles is 1. The minimum absolute atomic E-state index is 0.329. The molecule has 1 amide bonds. The molecule has 0 aromatic heterocycles. The van der Waals surface area contributed by atoms with Gasteiger partial charge in [0.2, 0.25) is 0 Å². The molecule has 144 valence electrons. The Bertz CT molecular complexity index is 850. The van der Waals surface area contributed by atoms with Gasteiger partial charge in [-0.15, -0.1) is 0 Å². The Kier molecular flexibility index (Phi) is 6.28. The quantitative estimate of drug-likeness (QED) is 0.746. The van der Waals surface area contributed by atoms with Gasteiger partial charge in [0.15, 0.2) is 6.61 Å². The number of hydrogen-bond donors (Lipinski definition) is 1. The molecule has 0 heterocycles. The average molecular weight is 378 g/mol. The molecule has 1 aliphatic carbocycles. The molecule has 3 rings (SSSR count). The summed E-state index contributed by atoms with van der Waals surface area (Å²) in [7, 11) is 0. The number of hydrogen-bond acceptors (Lipinski definition) is 5. The second kappa shape index (κ2) is 9.05. The minimum atomic E-state index is -0.818. The lowest BCUT2D eigenvalue weighted by molar-refractivity contribution is -0.125. The van der Waals surface area contributed by atoms with Gasteiger partial charge in [0.25, 0.3) is 5.91 Å². The van der Waals surface area contributed by atoms with Gasteiger partial charge in [0.1, 0.15) is 17.9 Å². The molecule has 0 atom stereocenters. The van der Waals surface area contributed by atoms with Crippen LogP contribution in [0, 0.1) is 11.3 Å². The smallest absolute Gasteiger partial charge is 0.338 e. The van der Waals surface area contributed by atoms with Gasteiger partial charge in [0.05, 0.1) is 11.6 Å². The Morgan fingerprint density at radius 1 is 1.04 bits per heavy atom. The summed E-state index contributed by atoms with van der Waals surface area (Å²) in [5, 5.41) is 12.0. The van der Waals surface area contributed by atoms with Crippen LogP contribution < -0.4 is 10.1 Å². The van der Waals surface area contributed by atoms with Gasteiger partial charge in [-0.2, -0.15) is 5.26 Å². The summed E-state index contributed by atoms with van der Waals surface area (Å²) in [4.78, 5) is 24.1. The van der Waals surface area contributed by atoms with E-state index in [0.717, 1.165) is 18.4 Å². The number of ether oxygens (including phenoxy) is 2. The first-order chi connectivity index (χ1) is 13.6. The SMILES string of the molecule is N#CC1(NC(=O)COC(=O)c2ccc(OCc3ccccc3)cc2)CCCC1. The van der Waals surface area contributed by atoms with Crippen LogP contribution in [-0.2, 0) is 16.1 Å². The molecule has 0 saturated heterocycles. The molecule has 6 nitrogen and oxygen atoms in total. The van der Waals surface area contributed by atoms with Crippen LogP contribution in [0.4, 0.5) is 0 Å². The number of benzene rings is 2.